The second-order valence-electron chi connectivity index (χ2n) is 4.03. The topological polar surface area (TPSA) is 40.5 Å². The van der Waals surface area contributed by atoms with E-state index in [9.17, 15) is 10.2 Å². The number of aromatic hydroxyl groups is 2. The predicted octanol–water partition coefficient (Wildman–Crippen LogP) is 3.94. The van der Waals surface area contributed by atoms with Gasteiger partial charge in [-0.3, -0.25) is 0 Å². The molecule has 2 nitrogen and oxygen atoms in total. The van der Waals surface area contributed by atoms with Crippen LogP contribution in [0, 0.1) is 0 Å². The SMILES string of the molecule is C/C=C(\C=C/CC)CCc1cc(O)cc(O)c1. The second kappa shape index (κ2) is 6.79. The molecule has 1 rings (SSSR count). The highest BCUT2D eigenvalue weighted by Gasteiger charge is 2.00. The highest BCUT2D eigenvalue weighted by atomic mass is 16.3. The quantitative estimate of drug-likeness (QED) is 0.755. The van der Waals surface area contributed by atoms with Gasteiger partial charge in [0.05, 0.1) is 0 Å². The summed E-state index contributed by atoms with van der Waals surface area (Å²) in [6.07, 6.45) is 9.11. The normalized spacial score (nSPS) is 12.2. The van der Waals surface area contributed by atoms with Crippen LogP contribution in [0.2, 0.25) is 0 Å². The van der Waals surface area contributed by atoms with E-state index in [2.05, 4.69) is 25.2 Å². The van der Waals surface area contributed by atoms with E-state index in [-0.39, 0.29) is 11.5 Å². The van der Waals surface area contributed by atoms with Crippen molar-refractivity contribution < 1.29 is 10.2 Å². The highest BCUT2D eigenvalue weighted by Crippen LogP contribution is 2.22. The first-order valence-corrected chi connectivity index (χ1v) is 5.99. The van der Waals surface area contributed by atoms with Crippen molar-refractivity contribution in [3.8, 4) is 11.5 Å². The van der Waals surface area contributed by atoms with Gasteiger partial charge in [0.25, 0.3) is 0 Å². The Hall–Kier alpha value is -1.70. The third kappa shape index (κ3) is 4.77. The molecule has 0 aliphatic carbocycles. The molecule has 0 saturated carbocycles. The summed E-state index contributed by atoms with van der Waals surface area (Å²) in [5.41, 5.74) is 2.22. The molecule has 0 saturated heterocycles. The van der Waals surface area contributed by atoms with Gasteiger partial charge < -0.3 is 10.2 Å². The van der Waals surface area contributed by atoms with Crippen molar-refractivity contribution in [2.24, 2.45) is 0 Å². The van der Waals surface area contributed by atoms with E-state index < -0.39 is 0 Å². The maximum Gasteiger partial charge on any atom is 0.119 e. The zero-order chi connectivity index (χ0) is 12.7. The number of allylic oxidation sites excluding steroid dienone is 4. The lowest BCUT2D eigenvalue weighted by atomic mass is 10.0. The van der Waals surface area contributed by atoms with E-state index in [0.29, 0.717) is 0 Å². The number of phenolic OH excluding ortho intramolecular Hbond substituents is 2. The van der Waals surface area contributed by atoms with Crippen LogP contribution in [0.3, 0.4) is 0 Å². The molecule has 2 heteroatoms. The first-order valence-electron chi connectivity index (χ1n) is 5.99. The Kier molecular flexibility index (Phi) is 5.34. The molecule has 0 unspecified atom stereocenters. The van der Waals surface area contributed by atoms with E-state index >= 15 is 0 Å². The lowest BCUT2D eigenvalue weighted by Gasteiger charge is -2.04. The van der Waals surface area contributed by atoms with Crippen LogP contribution in [-0.2, 0) is 6.42 Å². The largest absolute Gasteiger partial charge is 0.508 e. The first kappa shape index (κ1) is 13.4. The molecule has 0 aromatic heterocycles. The summed E-state index contributed by atoms with van der Waals surface area (Å²) in [7, 11) is 0. The fourth-order valence-corrected chi connectivity index (χ4v) is 1.68. The van der Waals surface area contributed by atoms with Crippen LogP contribution in [0.5, 0.6) is 11.5 Å². The smallest absolute Gasteiger partial charge is 0.119 e. The van der Waals surface area contributed by atoms with E-state index in [1.807, 2.05) is 6.92 Å². The van der Waals surface area contributed by atoms with Gasteiger partial charge in [-0.05, 0) is 43.9 Å². The Morgan fingerprint density at radius 1 is 1.18 bits per heavy atom. The molecule has 0 amide bonds. The Morgan fingerprint density at radius 2 is 1.82 bits per heavy atom. The maximum atomic E-state index is 9.37. The third-order valence-corrected chi connectivity index (χ3v) is 2.60. The molecule has 92 valence electrons. The summed E-state index contributed by atoms with van der Waals surface area (Å²) in [5.74, 6) is 0.234. The fraction of sp³-hybridized carbons (Fsp3) is 0.333. The lowest BCUT2D eigenvalue weighted by Crippen LogP contribution is -1.87. The van der Waals surface area contributed by atoms with Crippen molar-refractivity contribution in [2.45, 2.75) is 33.1 Å². The van der Waals surface area contributed by atoms with Crippen LogP contribution in [0.4, 0.5) is 0 Å². The first-order chi connectivity index (χ1) is 8.15. The monoisotopic (exact) mass is 232 g/mol. The number of hydrogen-bond donors (Lipinski definition) is 2. The minimum Gasteiger partial charge on any atom is -0.508 e. The van der Waals surface area contributed by atoms with Crippen molar-refractivity contribution in [3.63, 3.8) is 0 Å². The average molecular weight is 232 g/mol. The Labute approximate surface area is 103 Å². The van der Waals surface area contributed by atoms with Gasteiger partial charge in [-0.15, -0.1) is 0 Å². The van der Waals surface area contributed by atoms with Crippen LogP contribution < -0.4 is 0 Å². The summed E-state index contributed by atoms with van der Waals surface area (Å²) in [6, 6.07) is 4.73. The standard InChI is InChI=1S/C15H20O2/c1-3-5-6-12(4-2)7-8-13-9-14(16)11-15(17)10-13/h4-6,9-11,16-17H,3,7-8H2,1-2H3/b6-5-,12-4+. The second-order valence-corrected chi connectivity index (χ2v) is 4.03. The molecule has 2 N–H and O–H groups in total. The van der Waals surface area contributed by atoms with Gasteiger partial charge in [0, 0.05) is 6.07 Å². The van der Waals surface area contributed by atoms with E-state index in [0.717, 1.165) is 24.8 Å². The van der Waals surface area contributed by atoms with E-state index in [1.54, 1.807) is 12.1 Å². The van der Waals surface area contributed by atoms with Gasteiger partial charge >= 0.3 is 0 Å². The Balaban J connectivity index is 2.63. The van der Waals surface area contributed by atoms with Crippen molar-refractivity contribution in [1.82, 2.24) is 0 Å². The van der Waals surface area contributed by atoms with Crippen LogP contribution in [0.1, 0.15) is 32.3 Å². The van der Waals surface area contributed by atoms with Gasteiger partial charge in [-0.25, -0.2) is 0 Å². The van der Waals surface area contributed by atoms with Gasteiger partial charge in [-0.1, -0.05) is 30.7 Å². The van der Waals surface area contributed by atoms with Crippen LogP contribution >= 0.6 is 0 Å². The van der Waals surface area contributed by atoms with Crippen molar-refractivity contribution in [3.05, 3.63) is 47.6 Å². The van der Waals surface area contributed by atoms with Crippen molar-refractivity contribution in [1.29, 1.82) is 0 Å². The maximum absolute atomic E-state index is 9.37. The number of phenols is 2. The minimum atomic E-state index is 0.117. The summed E-state index contributed by atoms with van der Waals surface area (Å²) in [6.45, 7) is 4.13. The third-order valence-electron chi connectivity index (χ3n) is 2.60. The zero-order valence-electron chi connectivity index (χ0n) is 10.5. The number of rotatable bonds is 5. The van der Waals surface area contributed by atoms with Crippen LogP contribution in [-0.4, -0.2) is 10.2 Å². The number of aryl methyl sites for hydroxylation is 1. The number of benzene rings is 1. The van der Waals surface area contributed by atoms with Gasteiger partial charge in [0.15, 0.2) is 0 Å². The molecule has 0 bridgehead atoms. The molecule has 0 fully saturated rings. The highest BCUT2D eigenvalue weighted by molar-refractivity contribution is 5.37. The molecule has 1 aromatic rings. The Bertz CT molecular complexity index is 397. The molecule has 0 atom stereocenters. The zero-order valence-corrected chi connectivity index (χ0v) is 10.5. The fourth-order valence-electron chi connectivity index (χ4n) is 1.68. The van der Waals surface area contributed by atoms with Crippen molar-refractivity contribution >= 4 is 0 Å². The molecule has 1 aromatic carbocycles. The summed E-state index contributed by atoms with van der Waals surface area (Å²) in [4.78, 5) is 0. The summed E-state index contributed by atoms with van der Waals surface area (Å²) in [5, 5.41) is 18.7. The molecule has 0 aliphatic heterocycles. The molecular formula is C15H20O2. The molecular weight excluding hydrogens is 212 g/mol. The van der Waals surface area contributed by atoms with E-state index in [4.69, 9.17) is 0 Å². The lowest BCUT2D eigenvalue weighted by molar-refractivity contribution is 0.449. The predicted molar refractivity (Wildman–Crippen MR) is 71.3 cm³/mol. The van der Waals surface area contributed by atoms with Crippen LogP contribution in [0.15, 0.2) is 42.0 Å². The van der Waals surface area contributed by atoms with Crippen LogP contribution in [0.25, 0.3) is 0 Å². The molecule has 0 aliphatic rings. The van der Waals surface area contributed by atoms with Gasteiger partial charge in [-0.2, -0.15) is 0 Å². The molecule has 0 radical (unpaired) electrons. The van der Waals surface area contributed by atoms with Gasteiger partial charge in [0.2, 0.25) is 0 Å². The molecule has 17 heavy (non-hydrogen) atoms. The molecule has 0 heterocycles. The van der Waals surface area contributed by atoms with E-state index in [1.165, 1.54) is 11.6 Å². The van der Waals surface area contributed by atoms with Crippen molar-refractivity contribution in [2.75, 3.05) is 0 Å². The Morgan fingerprint density at radius 3 is 2.35 bits per heavy atom. The van der Waals surface area contributed by atoms with Gasteiger partial charge in [0.1, 0.15) is 11.5 Å². The number of hydrogen-bond acceptors (Lipinski definition) is 2. The average Bonchev–Trinajstić information content (AvgIpc) is 2.28. The summed E-state index contributed by atoms with van der Waals surface area (Å²) < 4.78 is 0. The minimum absolute atomic E-state index is 0.117. The summed E-state index contributed by atoms with van der Waals surface area (Å²) >= 11 is 0. The molecule has 0 spiro atoms.